The van der Waals surface area contributed by atoms with Crippen LogP contribution >= 0.6 is 22.7 Å². The Morgan fingerprint density at radius 3 is 3.00 bits per heavy atom. The van der Waals surface area contributed by atoms with Crippen LogP contribution in [0.5, 0.6) is 0 Å². The number of aromatic nitrogens is 4. The fraction of sp³-hybridized carbons (Fsp3) is 0.520. The van der Waals surface area contributed by atoms with E-state index >= 15 is 0 Å². The standard InChI is InChI=1S/C25H28N8O2S2/c1-13(28-12-21(34)33-16(11-26)7-15-8-18(15)33)10-25(24-29-31-32-30-24)17-5-6-36-19(17)4-3-14-9-20(23(35)27-2)37-22(14)25/h5-6,9,13,15-16,18,28H,3-4,7-8,10,12H2,1-2H3,(H,27,35)(H,29,30,31,32)/t13-,15+,16-,18-,25?/m0/s1. The van der Waals surface area contributed by atoms with E-state index in [4.69, 9.17) is 0 Å². The third-order valence-corrected chi connectivity index (χ3v) is 10.3. The topological polar surface area (TPSA) is 140 Å². The van der Waals surface area contributed by atoms with Crippen molar-refractivity contribution in [1.29, 1.82) is 5.26 Å². The summed E-state index contributed by atoms with van der Waals surface area (Å²) in [6.07, 6.45) is 4.08. The van der Waals surface area contributed by atoms with E-state index < -0.39 is 5.41 Å². The van der Waals surface area contributed by atoms with E-state index in [-0.39, 0.29) is 36.5 Å². The number of carbonyl (C=O) groups excluding carboxylic acids is 2. The lowest BCUT2D eigenvalue weighted by atomic mass is 9.73. The van der Waals surface area contributed by atoms with Crippen molar-refractivity contribution in [3.05, 3.63) is 49.1 Å². The van der Waals surface area contributed by atoms with E-state index in [9.17, 15) is 14.9 Å². The molecule has 0 radical (unpaired) electrons. The van der Waals surface area contributed by atoms with Crippen molar-refractivity contribution in [3.8, 4) is 6.07 Å². The van der Waals surface area contributed by atoms with Crippen molar-refractivity contribution in [2.75, 3.05) is 13.6 Å². The minimum Gasteiger partial charge on any atom is -0.354 e. The smallest absolute Gasteiger partial charge is 0.261 e. The SMILES string of the molecule is CNC(=O)c1cc2c(s1)C(C[C@H](C)NCC(=O)N1[C@H](C#N)C[C@@H]3C[C@@H]31)(c1nn[nH]n1)c1ccsc1CC2. The van der Waals surface area contributed by atoms with Gasteiger partial charge in [-0.15, -0.1) is 32.9 Å². The number of hydrogen-bond donors (Lipinski definition) is 3. The molecule has 6 rings (SSSR count). The summed E-state index contributed by atoms with van der Waals surface area (Å²) in [5, 5.41) is 33.3. The first kappa shape index (κ1) is 24.2. The molecule has 3 N–H and O–H groups in total. The molecule has 4 heterocycles. The Bertz CT molecular complexity index is 1380. The number of tetrazole rings is 1. The van der Waals surface area contributed by atoms with Crippen LogP contribution in [0.4, 0.5) is 0 Å². The number of nitriles is 1. The van der Waals surface area contributed by atoms with Crippen LogP contribution in [0.2, 0.25) is 0 Å². The highest BCUT2D eigenvalue weighted by molar-refractivity contribution is 7.14. The first-order valence-electron chi connectivity index (χ1n) is 12.6. The second-order valence-corrected chi connectivity index (χ2v) is 12.2. The summed E-state index contributed by atoms with van der Waals surface area (Å²) in [7, 11) is 1.64. The molecule has 1 unspecified atom stereocenters. The number of rotatable bonds is 7. The molecular weight excluding hydrogens is 508 g/mol. The molecule has 3 aromatic rings. The summed E-state index contributed by atoms with van der Waals surface area (Å²) >= 11 is 3.21. The Hall–Kier alpha value is -3.14. The number of carbonyl (C=O) groups is 2. The lowest BCUT2D eigenvalue weighted by Gasteiger charge is -2.34. The molecule has 3 aliphatic rings. The number of hydrogen-bond acceptors (Lipinski definition) is 9. The van der Waals surface area contributed by atoms with Gasteiger partial charge in [0.2, 0.25) is 5.91 Å². The fourth-order valence-electron chi connectivity index (χ4n) is 6.17. The lowest BCUT2D eigenvalue weighted by molar-refractivity contribution is -0.131. The molecular formula is C25H28N8O2S2. The van der Waals surface area contributed by atoms with Crippen LogP contribution in [-0.4, -0.2) is 69.1 Å². The zero-order valence-electron chi connectivity index (χ0n) is 20.7. The molecule has 10 nitrogen and oxygen atoms in total. The number of likely N-dealkylation sites (tertiary alicyclic amines) is 1. The molecule has 2 aliphatic carbocycles. The Morgan fingerprint density at radius 1 is 1.38 bits per heavy atom. The van der Waals surface area contributed by atoms with Crippen LogP contribution in [0.15, 0.2) is 17.5 Å². The number of aryl methyl sites for hydroxylation is 2. The van der Waals surface area contributed by atoms with Crippen molar-refractivity contribution in [1.82, 2.24) is 36.2 Å². The molecule has 1 saturated carbocycles. The summed E-state index contributed by atoms with van der Waals surface area (Å²) in [4.78, 5) is 30.5. The van der Waals surface area contributed by atoms with E-state index in [2.05, 4.69) is 55.7 Å². The Morgan fingerprint density at radius 2 is 2.24 bits per heavy atom. The Balaban J connectivity index is 1.34. The van der Waals surface area contributed by atoms with E-state index in [1.54, 1.807) is 23.3 Å². The summed E-state index contributed by atoms with van der Waals surface area (Å²) in [5.74, 6) is 0.916. The van der Waals surface area contributed by atoms with Crippen LogP contribution in [-0.2, 0) is 23.1 Å². The van der Waals surface area contributed by atoms with Gasteiger partial charge in [-0.3, -0.25) is 9.59 Å². The quantitative estimate of drug-likeness (QED) is 0.420. The van der Waals surface area contributed by atoms with Crippen LogP contribution in [0, 0.1) is 17.2 Å². The number of nitrogens with one attached hydrogen (secondary N) is 3. The molecule has 1 aliphatic heterocycles. The Labute approximate surface area is 222 Å². The van der Waals surface area contributed by atoms with Crippen molar-refractivity contribution >= 4 is 34.5 Å². The second kappa shape index (κ2) is 9.31. The molecule has 37 heavy (non-hydrogen) atoms. The van der Waals surface area contributed by atoms with E-state index in [0.29, 0.717) is 23.0 Å². The van der Waals surface area contributed by atoms with Crippen LogP contribution in [0.3, 0.4) is 0 Å². The van der Waals surface area contributed by atoms with Gasteiger partial charge in [-0.2, -0.15) is 10.5 Å². The summed E-state index contributed by atoms with van der Waals surface area (Å²) in [6, 6.07) is 6.25. The number of amides is 2. The molecule has 5 atom stereocenters. The van der Waals surface area contributed by atoms with Gasteiger partial charge in [0.15, 0.2) is 5.82 Å². The summed E-state index contributed by atoms with van der Waals surface area (Å²) in [6.45, 7) is 2.23. The van der Waals surface area contributed by atoms with E-state index in [1.807, 2.05) is 6.07 Å². The number of H-pyrrole nitrogens is 1. The summed E-state index contributed by atoms with van der Waals surface area (Å²) in [5.41, 5.74) is 1.53. The third-order valence-electron chi connectivity index (χ3n) is 7.96. The normalized spacial score (nSPS) is 26.4. The highest BCUT2D eigenvalue weighted by atomic mass is 32.1. The molecule has 0 bridgehead atoms. The number of aromatic amines is 1. The van der Waals surface area contributed by atoms with Gasteiger partial charge in [0.1, 0.15) is 6.04 Å². The van der Waals surface area contributed by atoms with Gasteiger partial charge in [-0.1, -0.05) is 5.21 Å². The lowest BCUT2D eigenvalue weighted by Crippen LogP contribution is -2.46. The molecule has 3 aromatic heterocycles. The summed E-state index contributed by atoms with van der Waals surface area (Å²) < 4.78 is 0. The average molecular weight is 537 g/mol. The minimum absolute atomic E-state index is 0.0205. The zero-order valence-corrected chi connectivity index (χ0v) is 22.3. The van der Waals surface area contributed by atoms with Crippen molar-refractivity contribution < 1.29 is 9.59 Å². The van der Waals surface area contributed by atoms with Crippen molar-refractivity contribution in [2.45, 2.75) is 62.6 Å². The largest absolute Gasteiger partial charge is 0.354 e. The zero-order chi connectivity index (χ0) is 25.7. The molecule has 12 heteroatoms. The Kier molecular flexibility index (Phi) is 6.09. The van der Waals surface area contributed by atoms with Gasteiger partial charge in [0.25, 0.3) is 5.91 Å². The number of thiophene rings is 2. The number of piperidine rings is 1. The second-order valence-electron chi connectivity index (χ2n) is 10.2. The van der Waals surface area contributed by atoms with Crippen LogP contribution in [0.25, 0.3) is 0 Å². The molecule has 1 saturated heterocycles. The van der Waals surface area contributed by atoms with Crippen LogP contribution < -0.4 is 10.6 Å². The minimum atomic E-state index is -0.717. The van der Waals surface area contributed by atoms with Gasteiger partial charge >= 0.3 is 0 Å². The molecule has 192 valence electrons. The first-order valence-corrected chi connectivity index (χ1v) is 14.3. The fourth-order valence-corrected chi connectivity index (χ4v) is 8.49. The van der Waals surface area contributed by atoms with Crippen molar-refractivity contribution in [2.24, 2.45) is 5.92 Å². The third kappa shape index (κ3) is 3.96. The molecule has 0 aromatic carbocycles. The maximum atomic E-state index is 13.1. The molecule has 2 fully saturated rings. The predicted molar refractivity (Wildman–Crippen MR) is 138 cm³/mol. The number of nitrogens with zero attached hydrogens (tertiary/aromatic N) is 5. The highest BCUT2D eigenvalue weighted by Gasteiger charge is 2.54. The van der Waals surface area contributed by atoms with E-state index in [0.717, 1.165) is 41.7 Å². The maximum Gasteiger partial charge on any atom is 0.261 e. The van der Waals surface area contributed by atoms with E-state index in [1.165, 1.54) is 16.2 Å². The van der Waals surface area contributed by atoms with Gasteiger partial charge in [-0.25, -0.2) is 0 Å². The van der Waals surface area contributed by atoms with Gasteiger partial charge in [0.05, 0.1) is 22.9 Å². The molecule has 2 amide bonds. The van der Waals surface area contributed by atoms with Gasteiger partial charge in [0, 0.05) is 28.9 Å². The van der Waals surface area contributed by atoms with Crippen molar-refractivity contribution in [3.63, 3.8) is 0 Å². The number of fused-ring (bicyclic) bond motifs is 3. The molecule has 0 spiro atoms. The van der Waals surface area contributed by atoms with Gasteiger partial charge < -0.3 is 15.5 Å². The average Bonchev–Trinajstić information content (AvgIpc) is 3.43. The predicted octanol–water partition coefficient (Wildman–Crippen LogP) is 2.00. The van der Waals surface area contributed by atoms with Gasteiger partial charge in [-0.05, 0) is 73.6 Å². The maximum absolute atomic E-state index is 13.1. The highest BCUT2D eigenvalue weighted by Crippen LogP contribution is 2.51. The first-order chi connectivity index (χ1) is 18.0. The monoisotopic (exact) mass is 536 g/mol. The van der Waals surface area contributed by atoms with Crippen LogP contribution in [0.1, 0.15) is 62.6 Å².